The van der Waals surface area contributed by atoms with Gasteiger partial charge in [0.1, 0.15) is 11.6 Å². The van der Waals surface area contributed by atoms with Crippen LogP contribution in [0.2, 0.25) is 0 Å². The lowest BCUT2D eigenvalue weighted by Gasteiger charge is -2.05. The van der Waals surface area contributed by atoms with Gasteiger partial charge in [-0.15, -0.1) is 0 Å². The summed E-state index contributed by atoms with van der Waals surface area (Å²) < 4.78 is 26.2. The lowest BCUT2D eigenvalue weighted by molar-refractivity contribution is 0.604. The van der Waals surface area contributed by atoms with Crippen LogP contribution in [0.3, 0.4) is 0 Å². The smallest absolute Gasteiger partial charge is 0.161 e. The third-order valence-electron chi connectivity index (χ3n) is 2.35. The van der Waals surface area contributed by atoms with Crippen LogP contribution in [0.5, 0.6) is 0 Å². The summed E-state index contributed by atoms with van der Waals surface area (Å²) in [5, 5.41) is 3.48. The van der Waals surface area contributed by atoms with Crippen LogP contribution in [0, 0.1) is 11.6 Å². The van der Waals surface area contributed by atoms with Crippen LogP contribution < -0.4 is 5.32 Å². The van der Waals surface area contributed by atoms with Crippen LogP contribution in [-0.2, 0) is 0 Å². The van der Waals surface area contributed by atoms with Gasteiger partial charge in [0, 0.05) is 11.8 Å². The molecular formula is C11H12F2N2S. The molecule has 1 aliphatic rings. The molecule has 0 aliphatic carbocycles. The molecule has 0 bridgehead atoms. The van der Waals surface area contributed by atoms with Crippen molar-refractivity contribution in [2.75, 3.05) is 11.1 Å². The molecule has 1 aromatic rings. The molecule has 86 valence electrons. The van der Waals surface area contributed by atoms with Gasteiger partial charge >= 0.3 is 0 Å². The van der Waals surface area contributed by atoms with Crippen molar-refractivity contribution >= 4 is 22.6 Å². The quantitative estimate of drug-likeness (QED) is 0.860. The average molecular weight is 242 g/mol. The van der Waals surface area contributed by atoms with Gasteiger partial charge in [0.2, 0.25) is 0 Å². The van der Waals surface area contributed by atoms with E-state index in [-0.39, 0.29) is 11.7 Å². The Morgan fingerprint density at radius 2 is 2.31 bits per heavy atom. The zero-order valence-corrected chi connectivity index (χ0v) is 9.65. The summed E-state index contributed by atoms with van der Waals surface area (Å²) in [6.07, 6.45) is 0.962. The van der Waals surface area contributed by atoms with Gasteiger partial charge < -0.3 is 5.32 Å². The summed E-state index contributed by atoms with van der Waals surface area (Å²) in [4.78, 5) is 4.35. The first-order chi connectivity index (χ1) is 7.69. The van der Waals surface area contributed by atoms with Crippen molar-refractivity contribution in [2.45, 2.75) is 19.4 Å². The molecule has 0 fully saturated rings. The summed E-state index contributed by atoms with van der Waals surface area (Å²) in [6, 6.07) is 3.62. The molecule has 5 heteroatoms. The minimum absolute atomic E-state index is 0.142. The molecule has 0 saturated carbocycles. The minimum atomic E-state index is -0.468. The van der Waals surface area contributed by atoms with E-state index in [1.54, 1.807) is 0 Å². The van der Waals surface area contributed by atoms with Gasteiger partial charge in [-0.2, -0.15) is 0 Å². The molecule has 0 saturated heterocycles. The number of amidine groups is 1. The molecule has 2 nitrogen and oxygen atoms in total. The molecule has 1 heterocycles. The Labute approximate surface area is 97.1 Å². The topological polar surface area (TPSA) is 24.4 Å². The maximum Gasteiger partial charge on any atom is 0.161 e. The van der Waals surface area contributed by atoms with E-state index in [1.165, 1.54) is 11.8 Å². The summed E-state index contributed by atoms with van der Waals surface area (Å²) in [5.41, 5.74) is 0.142. The van der Waals surface area contributed by atoms with Gasteiger partial charge in [-0.25, -0.2) is 8.78 Å². The van der Waals surface area contributed by atoms with Crippen molar-refractivity contribution in [1.29, 1.82) is 0 Å². The molecule has 0 aromatic heterocycles. The van der Waals surface area contributed by atoms with E-state index < -0.39 is 11.6 Å². The highest BCUT2D eigenvalue weighted by molar-refractivity contribution is 8.14. The zero-order chi connectivity index (χ0) is 11.5. The second-order valence-electron chi connectivity index (χ2n) is 3.56. The van der Waals surface area contributed by atoms with Crippen LogP contribution in [0.15, 0.2) is 23.2 Å². The van der Waals surface area contributed by atoms with Crippen LogP contribution >= 0.6 is 11.8 Å². The van der Waals surface area contributed by atoms with Gasteiger partial charge in [-0.05, 0) is 18.6 Å². The zero-order valence-electron chi connectivity index (χ0n) is 8.84. The Morgan fingerprint density at radius 3 is 3.00 bits per heavy atom. The van der Waals surface area contributed by atoms with Crippen molar-refractivity contribution in [3.63, 3.8) is 0 Å². The summed E-state index contributed by atoms with van der Waals surface area (Å²) in [6.45, 7) is 2.06. The molecule has 1 aromatic carbocycles. The van der Waals surface area contributed by atoms with E-state index in [2.05, 4.69) is 17.2 Å². The highest BCUT2D eigenvalue weighted by Crippen LogP contribution is 2.23. The normalized spacial score (nSPS) is 19.7. The van der Waals surface area contributed by atoms with Gasteiger partial charge in [-0.1, -0.05) is 18.7 Å². The highest BCUT2D eigenvalue weighted by atomic mass is 32.2. The fourth-order valence-corrected chi connectivity index (χ4v) is 2.47. The van der Waals surface area contributed by atoms with Gasteiger partial charge in [0.05, 0.1) is 11.7 Å². The lowest BCUT2D eigenvalue weighted by atomic mass is 10.3. The van der Waals surface area contributed by atoms with Crippen LogP contribution in [0.1, 0.15) is 13.3 Å². The van der Waals surface area contributed by atoms with E-state index in [1.807, 2.05) is 0 Å². The van der Waals surface area contributed by atoms with Crippen molar-refractivity contribution in [3.05, 3.63) is 29.8 Å². The molecule has 0 amide bonds. The van der Waals surface area contributed by atoms with Crippen molar-refractivity contribution in [1.82, 2.24) is 0 Å². The van der Waals surface area contributed by atoms with Crippen LogP contribution in [0.4, 0.5) is 14.5 Å². The number of hydrogen-bond donors (Lipinski definition) is 1. The number of halogens is 2. The lowest BCUT2D eigenvalue weighted by Crippen LogP contribution is -2.07. The maximum atomic E-state index is 13.3. The van der Waals surface area contributed by atoms with E-state index in [0.717, 1.165) is 30.4 Å². The molecule has 2 rings (SSSR count). The highest BCUT2D eigenvalue weighted by Gasteiger charge is 2.17. The number of aliphatic imine (C=N–C) groups is 1. The second kappa shape index (κ2) is 4.82. The fourth-order valence-electron chi connectivity index (χ4n) is 1.40. The molecule has 16 heavy (non-hydrogen) atoms. The number of rotatable bonds is 2. The van der Waals surface area contributed by atoms with Crippen molar-refractivity contribution in [2.24, 2.45) is 4.99 Å². The predicted molar refractivity (Wildman–Crippen MR) is 64.0 cm³/mol. The van der Waals surface area contributed by atoms with Crippen molar-refractivity contribution in [3.8, 4) is 0 Å². The molecule has 0 spiro atoms. The summed E-state index contributed by atoms with van der Waals surface area (Å²) >= 11 is 1.53. The molecule has 1 aliphatic heterocycles. The Hall–Kier alpha value is -1.10. The molecule has 1 N–H and O–H groups in total. The van der Waals surface area contributed by atoms with E-state index in [4.69, 9.17) is 0 Å². The van der Waals surface area contributed by atoms with Gasteiger partial charge in [0.25, 0.3) is 0 Å². The largest absolute Gasteiger partial charge is 0.332 e. The number of benzene rings is 1. The third kappa shape index (κ3) is 2.52. The number of hydrogen-bond acceptors (Lipinski definition) is 3. The standard InChI is InChI=1S/C11H12F2N2S/c1-2-8-6-16-11(14-8)15-10-5-7(12)3-4-9(10)13/h3-5,8H,2,6H2,1H3,(H,14,15). The maximum absolute atomic E-state index is 13.3. The Morgan fingerprint density at radius 1 is 1.50 bits per heavy atom. The monoisotopic (exact) mass is 242 g/mol. The third-order valence-corrected chi connectivity index (χ3v) is 3.39. The van der Waals surface area contributed by atoms with Crippen LogP contribution in [-0.4, -0.2) is 17.0 Å². The molecule has 0 radical (unpaired) electrons. The molecular weight excluding hydrogens is 230 g/mol. The SMILES string of the molecule is CCC1CSC(Nc2cc(F)ccc2F)=N1. The molecule has 1 atom stereocenters. The predicted octanol–water partition coefficient (Wildman–Crippen LogP) is 3.26. The summed E-state index contributed by atoms with van der Waals surface area (Å²) in [5.74, 6) is -0.0281. The first-order valence-corrected chi connectivity index (χ1v) is 6.10. The van der Waals surface area contributed by atoms with E-state index >= 15 is 0 Å². The number of nitrogens with one attached hydrogen (secondary N) is 1. The summed E-state index contributed by atoms with van der Waals surface area (Å²) in [7, 11) is 0. The first kappa shape index (κ1) is 11.4. The van der Waals surface area contributed by atoms with Crippen molar-refractivity contribution < 1.29 is 8.78 Å². The van der Waals surface area contributed by atoms with Gasteiger partial charge in [-0.3, -0.25) is 4.99 Å². The fraction of sp³-hybridized carbons (Fsp3) is 0.364. The van der Waals surface area contributed by atoms with E-state index in [0.29, 0.717) is 5.17 Å². The number of anilines is 1. The Balaban J connectivity index is 2.12. The first-order valence-electron chi connectivity index (χ1n) is 5.11. The number of thioether (sulfide) groups is 1. The minimum Gasteiger partial charge on any atom is -0.332 e. The Bertz CT molecular complexity index is 420. The average Bonchev–Trinajstić information content (AvgIpc) is 2.71. The van der Waals surface area contributed by atoms with Crippen LogP contribution in [0.25, 0.3) is 0 Å². The van der Waals surface area contributed by atoms with Gasteiger partial charge in [0.15, 0.2) is 5.17 Å². The second-order valence-corrected chi connectivity index (χ2v) is 4.57. The van der Waals surface area contributed by atoms with E-state index in [9.17, 15) is 8.78 Å². The number of nitrogens with zero attached hydrogens (tertiary/aromatic N) is 1. The Kier molecular flexibility index (Phi) is 3.43. The molecule has 1 unspecified atom stereocenters.